The molecule has 166 valence electrons. The van der Waals surface area contributed by atoms with Gasteiger partial charge in [-0.3, -0.25) is 10.2 Å². The molecular weight excluding hydrogens is 427 g/mol. The first kappa shape index (κ1) is 22.6. The van der Waals surface area contributed by atoms with Crippen LogP contribution in [0.15, 0.2) is 42.5 Å². The molecule has 0 aromatic heterocycles. The van der Waals surface area contributed by atoms with Crippen molar-refractivity contribution in [1.82, 2.24) is 15.1 Å². The molecule has 1 atom stereocenters. The van der Waals surface area contributed by atoms with E-state index in [4.69, 9.17) is 16.3 Å². The first-order valence-corrected chi connectivity index (χ1v) is 10.2. The highest BCUT2D eigenvalue weighted by Crippen LogP contribution is 2.24. The van der Waals surface area contributed by atoms with E-state index < -0.39 is 24.2 Å². The topological polar surface area (TPSA) is 94.1 Å². The number of halogens is 2. The highest BCUT2D eigenvalue weighted by molar-refractivity contribution is 6.30. The Kier molecular flexibility index (Phi) is 7.54. The number of imide groups is 1. The van der Waals surface area contributed by atoms with Crippen LogP contribution in [0.25, 0.3) is 0 Å². The van der Waals surface area contributed by atoms with Crippen LogP contribution in [0.4, 0.5) is 19.7 Å². The summed E-state index contributed by atoms with van der Waals surface area (Å²) in [5, 5.41) is 15.4. The lowest BCUT2D eigenvalue weighted by molar-refractivity contribution is 0.0992. The second kappa shape index (κ2) is 10.3. The van der Waals surface area contributed by atoms with Gasteiger partial charge in [-0.25, -0.2) is 18.9 Å². The van der Waals surface area contributed by atoms with E-state index in [9.17, 15) is 19.1 Å². The summed E-state index contributed by atoms with van der Waals surface area (Å²) in [4.78, 5) is 27.6. The number of aliphatic hydroxyl groups excluding tert-OH is 1. The van der Waals surface area contributed by atoms with Gasteiger partial charge in [-0.1, -0.05) is 30.7 Å². The Bertz CT molecular complexity index is 928. The minimum absolute atomic E-state index is 0.128. The monoisotopic (exact) mass is 450 g/mol. The lowest BCUT2D eigenvalue weighted by Crippen LogP contribution is -2.67. The highest BCUT2D eigenvalue weighted by Gasteiger charge is 2.38. The Morgan fingerprint density at radius 1 is 1.23 bits per heavy atom. The van der Waals surface area contributed by atoms with E-state index >= 15 is 0 Å². The zero-order valence-electron chi connectivity index (χ0n) is 17.0. The largest absolute Gasteiger partial charge is 0.491 e. The first-order chi connectivity index (χ1) is 14.9. The number of nitrogens with zero attached hydrogens (tertiary/aromatic N) is 2. The number of hydrogen-bond acceptors (Lipinski definition) is 5. The van der Waals surface area contributed by atoms with Crippen LogP contribution in [-0.2, 0) is 6.54 Å². The molecule has 2 aromatic rings. The number of hydrogen-bond donors (Lipinski definition) is 3. The van der Waals surface area contributed by atoms with Crippen molar-refractivity contribution >= 4 is 29.4 Å². The quantitative estimate of drug-likeness (QED) is 0.542. The molecular formula is C21H24ClFN4O4. The van der Waals surface area contributed by atoms with E-state index in [1.165, 1.54) is 17.0 Å². The third-order valence-electron chi connectivity index (χ3n) is 4.58. The molecule has 1 aliphatic rings. The standard InChI is InChI=1S/C21H24ClFN4O4/c1-2-11-31-18-8-7-16(12-17(18)23)24-19-25-20(29)26(9-10-28)21(30)27(19)13-14-3-5-15(22)6-4-14/h3-8,12,19,24,28H,2,9-11,13H2,1H3,(H,25,29). The molecule has 3 N–H and O–H groups in total. The van der Waals surface area contributed by atoms with Gasteiger partial charge in [0.15, 0.2) is 17.9 Å². The van der Waals surface area contributed by atoms with Gasteiger partial charge in [0.25, 0.3) is 0 Å². The summed E-state index contributed by atoms with van der Waals surface area (Å²) < 4.78 is 19.7. The molecule has 3 rings (SSSR count). The fourth-order valence-electron chi connectivity index (χ4n) is 3.06. The molecule has 1 fully saturated rings. The number of rotatable bonds is 9. The molecule has 31 heavy (non-hydrogen) atoms. The maximum atomic E-state index is 14.3. The number of urea groups is 2. The summed E-state index contributed by atoms with van der Waals surface area (Å²) in [5.74, 6) is -0.429. The summed E-state index contributed by atoms with van der Waals surface area (Å²) in [5.41, 5.74) is 1.13. The SMILES string of the molecule is CCCOc1ccc(NC2NC(=O)N(CCO)C(=O)N2Cc2ccc(Cl)cc2)cc1F. The van der Waals surface area contributed by atoms with Crippen LogP contribution in [0.5, 0.6) is 5.75 Å². The van der Waals surface area contributed by atoms with Crippen molar-refractivity contribution in [1.29, 1.82) is 0 Å². The minimum Gasteiger partial charge on any atom is -0.491 e. The van der Waals surface area contributed by atoms with E-state index in [1.807, 2.05) is 6.92 Å². The van der Waals surface area contributed by atoms with Gasteiger partial charge in [-0.15, -0.1) is 0 Å². The number of benzene rings is 2. The molecule has 0 bridgehead atoms. The summed E-state index contributed by atoms with van der Waals surface area (Å²) in [6.45, 7) is 1.96. The predicted octanol–water partition coefficient (Wildman–Crippen LogP) is 3.60. The second-order valence-corrected chi connectivity index (χ2v) is 7.34. The Morgan fingerprint density at radius 3 is 2.61 bits per heavy atom. The van der Waals surface area contributed by atoms with Crippen molar-refractivity contribution in [3.05, 3.63) is 58.9 Å². The van der Waals surface area contributed by atoms with Gasteiger partial charge in [0.05, 0.1) is 26.3 Å². The van der Waals surface area contributed by atoms with E-state index in [1.54, 1.807) is 30.3 Å². The average molecular weight is 451 g/mol. The summed E-state index contributed by atoms with van der Waals surface area (Å²) in [6, 6.07) is 10.00. The van der Waals surface area contributed by atoms with Crippen molar-refractivity contribution in [2.75, 3.05) is 25.1 Å². The molecule has 1 saturated heterocycles. The van der Waals surface area contributed by atoms with Crippen molar-refractivity contribution in [3.63, 3.8) is 0 Å². The lowest BCUT2D eigenvalue weighted by Gasteiger charge is -2.41. The van der Waals surface area contributed by atoms with Gasteiger partial charge in [-0.05, 0) is 36.2 Å². The Morgan fingerprint density at radius 2 is 1.97 bits per heavy atom. The predicted molar refractivity (Wildman–Crippen MR) is 114 cm³/mol. The molecule has 4 amide bonds. The van der Waals surface area contributed by atoms with Crippen LogP contribution >= 0.6 is 11.6 Å². The van der Waals surface area contributed by atoms with Crippen molar-refractivity contribution in [3.8, 4) is 5.75 Å². The number of aliphatic hydroxyl groups is 1. The molecule has 0 aliphatic carbocycles. The Hall–Kier alpha value is -3.04. The van der Waals surface area contributed by atoms with Gasteiger partial charge >= 0.3 is 12.1 Å². The molecule has 10 heteroatoms. The van der Waals surface area contributed by atoms with E-state index in [0.29, 0.717) is 17.3 Å². The lowest BCUT2D eigenvalue weighted by atomic mass is 10.2. The molecule has 8 nitrogen and oxygen atoms in total. The number of carbonyl (C=O) groups is 2. The van der Waals surface area contributed by atoms with Gasteiger partial charge < -0.3 is 15.2 Å². The van der Waals surface area contributed by atoms with Crippen LogP contribution < -0.4 is 15.4 Å². The van der Waals surface area contributed by atoms with E-state index in [0.717, 1.165) is 16.9 Å². The first-order valence-electron chi connectivity index (χ1n) is 9.85. The number of amides is 4. The zero-order chi connectivity index (χ0) is 22.4. The fourth-order valence-corrected chi connectivity index (χ4v) is 3.19. The van der Waals surface area contributed by atoms with Crippen LogP contribution in [0.2, 0.25) is 5.02 Å². The smallest absolute Gasteiger partial charge is 0.331 e. The maximum absolute atomic E-state index is 14.3. The fraction of sp³-hybridized carbons (Fsp3) is 0.333. The van der Waals surface area contributed by atoms with Gasteiger partial charge in [0, 0.05) is 16.8 Å². The number of carbonyl (C=O) groups excluding carboxylic acids is 2. The van der Waals surface area contributed by atoms with Crippen molar-refractivity contribution in [2.45, 2.75) is 26.2 Å². The molecule has 0 saturated carbocycles. The minimum atomic E-state index is -0.938. The van der Waals surface area contributed by atoms with E-state index in [-0.39, 0.29) is 25.4 Å². The number of anilines is 1. The van der Waals surface area contributed by atoms with Crippen molar-refractivity contribution < 1.29 is 23.8 Å². The highest BCUT2D eigenvalue weighted by atomic mass is 35.5. The van der Waals surface area contributed by atoms with Crippen LogP contribution in [0.1, 0.15) is 18.9 Å². The summed E-state index contributed by atoms with van der Waals surface area (Å²) >= 11 is 5.93. The molecule has 1 heterocycles. The number of β-amino-alcohol motifs (C(OH)–C–C–N with tert-alkyl or cyclic N) is 1. The Labute approximate surface area is 184 Å². The molecule has 1 unspecified atom stereocenters. The van der Waals surface area contributed by atoms with Gasteiger partial charge in [-0.2, -0.15) is 0 Å². The number of ether oxygens (including phenoxy) is 1. The van der Waals surface area contributed by atoms with Crippen LogP contribution in [0, 0.1) is 5.82 Å². The molecule has 1 aliphatic heterocycles. The second-order valence-electron chi connectivity index (χ2n) is 6.90. The maximum Gasteiger partial charge on any atom is 0.331 e. The summed E-state index contributed by atoms with van der Waals surface area (Å²) in [6.07, 6.45) is -0.188. The zero-order valence-corrected chi connectivity index (χ0v) is 17.7. The van der Waals surface area contributed by atoms with E-state index in [2.05, 4.69) is 10.6 Å². The molecule has 2 aromatic carbocycles. The van der Waals surface area contributed by atoms with Gasteiger partial charge in [0.2, 0.25) is 0 Å². The van der Waals surface area contributed by atoms with Crippen molar-refractivity contribution in [2.24, 2.45) is 0 Å². The third kappa shape index (κ3) is 5.56. The third-order valence-corrected chi connectivity index (χ3v) is 4.83. The molecule has 0 radical (unpaired) electrons. The van der Waals surface area contributed by atoms with Crippen LogP contribution in [-0.4, -0.2) is 53.0 Å². The summed E-state index contributed by atoms with van der Waals surface area (Å²) in [7, 11) is 0. The molecule has 0 spiro atoms. The Balaban J connectivity index is 1.82. The van der Waals surface area contributed by atoms with Crippen LogP contribution in [0.3, 0.4) is 0 Å². The average Bonchev–Trinajstić information content (AvgIpc) is 2.74. The number of nitrogens with one attached hydrogen (secondary N) is 2. The normalized spacial score (nSPS) is 16.3. The van der Waals surface area contributed by atoms with Gasteiger partial charge in [0.1, 0.15) is 0 Å².